The molecule has 5 rings (SSSR count). The zero-order valence-electron chi connectivity index (χ0n) is 22.9. The highest BCUT2D eigenvalue weighted by atomic mass is 32.1. The molecule has 2 aromatic carbocycles. The van der Waals surface area contributed by atoms with Gasteiger partial charge in [-0.05, 0) is 23.7 Å². The number of carboxylic acid groups (broad SMARTS) is 2. The maximum absolute atomic E-state index is 15.0. The zero-order chi connectivity index (χ0) is 32.7. The van der Waals surface area contributed by atoms with Crippen LogP contribution in [0.25, 0.3) is 32.5 Å². The lowest BCUT2D eigenvalue weighted by molar-refractivity contribution is -0.193. The van der Waals surface area contributed by atoms with Crippen LogP contribution in [-0.4, -0.2) is 82.1 Å². The Morgan fingerprint density at radius 3 is 1.91 bits per heavy atom. The molecule has 2 N–H and O–H groups in total. The van der Waals surface area contributed by atoms with E-state index >= 15 is 4.39 Å². The van der Waals surface area contributed by atoms with Crippen LogP contribution in [0.15, 0.2) is 60.2 Å². The second-order valence-corrected chi connectivity index (χ2v) is 9.97. The number of thiophene rings is 1. The summed E-state index contributed by atoms with van der Waals surface area (Å²) in [7, 11) is 0. The first-order valence-corrected chi connectivity index (χ1v) is 13.7. The second-order valence-electron chi connectivity index (χ2n) is 9.11. The molecule has 0 saturated carbocycles. The average Bonchev–Trinajstić information content (AvgIpc) is 3.42. The number of anilines is 1. The van der Waals surface area contributed by atoms with E-state index < -0.39 is 24.3 Å². The van der Waals surface area contributed by atoms with E-state index in [4.69, 9.17) is 19.8 Å². The molecule has 0 bridgehead atoms. The van der Waals surface area contributed by atoms with Crippen LogP contribution in [0.3, 0.4) is 0 Å². The number of carboxylic acids is 2. The van der Waals surface area contributed by atoms with Gasteiger partial charge in [0.2, 0.25) is 0 Å². The third-order valence-electron chi connectivity index (χ3n) is 6.32. The molecule has 1 aliphatic rings. The lowest BCUT2D eigenvalue weighted by Crippen LogP contribution is -2.46. The number of hydrogen-bond donors (Lipinski definition) is 2. The average molecular weight is 647 g/mol. The van der Waals surface area contributed by atoms with Gasteiger partial charge in [-0.2, -0.15) is 26.3 Å². The van der Waals surface area contributed by atoms with Crippen LogP contribution >= 0.6 is 11.3 Å². The largest absolute Gasteiger partial charge is 0.490 e. The Kier molecular flexibility index (Phi) is 11.2. The Morgan fingerprint density at radius 2 is 1.41 bits per heavy atom. The quantitative estimate of drug-likeness (QED) is 0.240. The Bertz CT molecular complexity index is 1550. The molecule has 2 aromatic heterocycles. The number of fused-ring (bicyclic) bond motifs is 1. The topological polar surface area (TPSA) is 107 Å². The summed E-state index contributed by atoms with van der Waals surface area (Å²) in [4.78, 5) is 32.6. The van der Waals surface area contributed by atoms with Crippen molar-refractivity contribution in [2.75, 3.05) is 37.6 Å². The number of aliphatic carboxylic acids is 2. The predicted molar refractivity (Wildman–Crippen MR) is 150 cm³/mol. The minimum atomic E-state index is -5.08. The van der Waals surface area contributed by atoms with E-state index in [0.717, 1.165) is 65.4 Å². The van der Waals surface area contributed by atoms with Crippen molar-refractivity contribution < 1.29 is 50.5 Å². The predicted octanol–water partition coefficient (Wildman–Crippen LogP) is 6.57. The highest BCUT2D eigenvalue weighted by Crippen LogP contribution is 2.39. The van der Waals surface area contributed by atoms with E-state index in [1.165, 1.54) is 0 Å². The maximum atomic E-state index is 15.0. The van der Waals surface area contributed by atoms with Crippen molar-refractivity contribution in [1.82, 2.24) is 14.9 Å². The molecule has 8 nitrogen and oxygen atoms in total. The third kappa shape index (κ3) is 8.86. The number of benzene rings is 2. The van der Waals surface area contributed by atoms with E-state index in [2.05, 4.69) is 32.1 Å². The van der Waals surface area contributed by atoms with Crippen molar-refractivity contribution in [1.29, 1.82) is 0 Å². The molecule has 0 aliphatic carbocycles. The van der Waals surface area contributed by atoms with Crippen LogP contribution in [0, 0.1) is 5.82 Å². The maximum Gasteiger partial charge on any atom is 0.490 e. The fraction of sp³-hybridized carbons (Fsp3) is 0.286. The summed E-state index contributed by atoms with van der Waals surface area (Å²) < 4.78 is 78.5. The van der Waals surface area contributed by atoms with Gasteiger partial charge in [0.1, 0.15) is 22.8 Å². The molecule has 0 radical (unpaired) electrons. The molecule has 16 heteroatoms. The number of likely N-dealkylation sites (N-methyl/N-ethyl adjacent to an activating group) is 1. The molecule has 3 heterocycles. The Hall–Kier alpha value is -4.31. The second kappa shape index (κ2) is 14.4. The van der Waals surface area contributed by atoms with E-state index in [0.29, 0.717) is 5.56 Å². The summed E-state index contributed by atoms with van der Waals surface area (Å²) in [6, 6.07) is 15.2. The van der Waals surface area contributed by atoms with Gasteiger partial charge in [-0.1, -0.05) is 49.4 Å². The molecule has 0 spiro atoms. The molecule has 1 saturated heterocycles. The van der Waals surface area contributed by atoms with E-state index in [1.54, 1.807) is 23.7 Å². The van der Waals surface area contributed by atoms with Crippen LogP contribution in [0.5, 0.6) is 0 Å². The molecule has 4 aromatic rings. The first kappa shape index (κ1) is 34.2. The van der Waals surface area contributed by atoms with Gasteiger partial charge in [0.25, 0.3) is 0 Å². The van der Waals surface area contributed by atoms with Crippen molar-refractivity contribution in [2.45, 2.75) is 19.3 Å². The lowest BCUT2D eigenvalue weighted by atomic mass is 9.99. The van der Waals surface area contributed by atoms with Gasteiger partial charge < -0.3 is 20.0 Å². The number of piperazine rings is 1. The number of hydrogen-bond acceptors (Lipinski definition) is 7. The first-order chi connectivity index (χ1) is 20.6. The lowest BCUT2D eigenvalue weighted by Gasteiger charge is -2.35. The van der Waals surface area contributed by atoms with Crippen molar-refractivity contribution in [3.63, 3.8) is 0 Å². The number of rotatable bonds is 4. The molecule has 0 unspecified atom stereocenters. The molecule has 236 valence electrons. The van der Waals surface area contributed by atoms with Gasteiger partial charge in [-0.15, -0.1) is 11.3 Å². The summed E-state index contributed by atoms with van der Waals surface area (Å²) >= 11 is 1.59. The molecule has 0 atom stereocenters. The van der Waals surface area contributed by atoms with Crippen LogP contribution in [0.4, 0.5) is 36.6 Å². The smallest absolute Gasteiger partial charge is 0.475 e. The number of carbonyl (C=O) groups is 2. The summed E-state index contributed by atoms with van der Waals surface area (Å²) in [6.07, 6.45) is -8.52. The number of alkyl halides is 6. The van der Waals surface area contributed by atoms with Crippen LogP contribution in [0.2, 0.25) is 0 Å². The number of halogens is 7. The fourth-order valence-electron chi connectivity index (χ4n) is 4.12. The SMILES string of the molecule is CCN1CCN(c2ncnc3scc(-c4ccc(-c5ccccc5)c(F)c4)c23)CC1.O=C(O)C(F)(F)F.O=C(O)C(F)(F)F. The Labute approximate surface area is 250 Å². The molecule has 0 amide bonds. The number of nitrogens with zero attached hydrogens (tertiary/aromatic N) is 4. The van der Waals surface area contributed by atoms with Crippen molar-refractivity contribution in [3.05, 3.63) is 66.1 Å². The standard InChI is InChI=1S/C24H23FN4S.2C2HF3O2/c1-2-28-10-12-29(13-11-28)23-22-20(15-30-24(22)27-16-26-23)18-8-9-19(21(25)14-18)17-6-4-3-5-7-17;2*3-2(4,5)1(6)7/h3-9,14-16H,2,10-13H2,1H3;2*(H,6,7). The summed E-state index contributed by atoms with van der Waals surface area (Å²) in [5, 5.41) is 17.3. The summed E-state index contributed by atoms with van der Waals surface area (Å²) in [5.41, 5.74) is 3.37. The van der Waals surface area contributed by atoms with Gasteiger partial charge in [-0.3, -0.25) is 0 Å². The fourth-order valence-corrected chi connectivity index (χ4v) is 5.03. The van der Waals surface area contributed by atoms with Gasteiger partial charge in [0.15, 0.2) is 0 Å². The summed E-state index contributed by atoms with van der Waals surface area (Å²) in [6.45, 7) is 7.21. The van der Waals surface area contributed by atoms with E-state index in [-0.39, 0.29) is 5.82 Å². The molecule has 1 fully saturated rings. The van der Waals surface area contributed by atoms with Gasteiger partial charge >= 0.3 is 24.3 Å². The number of aromatic nitrogens is 2. The van der Waals surface area contributed by atoms with Crippen LogP contribution in [-0.2, 0) is 9.59 Å². The Balaban J connectivity index is 0.000000317. The molecular weight excluding hydrogens is 621 g/mol. The highest BCUT2D eigenvalue weighted by Gasteiger charge is 2.38. The van der Waals surface area contributed by atoms with Crippen molar-refractivity contribution in [3.8, 4) is 22.3 Å². The van der Waals surface area contributed by atoms with E-state index in [9.17, 15) is 26.3 Å². The highest BCUT2D eigenvalue weighted by molar-refractivity contribution is 7.17. The van der Waals surface area contributed by atoms with Gasteiger partial charge in [-0.25, -0.2) is 23.9 Å². The molecule has 1 aliphatic heterocycles. The zero-order valence-corrected chi connectivity index (χ0v) is 23.7. The van der Waals surface area contributed by atoms with Crippen LogP contribution in [0.1, 0.15) is 6.92 Å². The van der Waals surface area contributed by atoms with Gasteiger partial charge in [0, 0.05) is 42.7 Å². The van der Waals surface area contributed by atoms with Crippen LogP contribution < -0.4 is 4.90 Å². The normalized spacial score (nSPS) is 13.9. The first-order valence-electron chi connectivity index (χ1n) is 12.8. The van der Waals surface area contributed by atoms with Crippen molar-refractivity contribution >= 4 is 39.3 Å². The minimum Gasteiger partial charge on any atom is -0.475 e. The summed E-state index contributed by atoms with van der Waals surface area (Å²) in [5.74, 6) is -4.77. The minimum absolute atomic E-state index is 0.215. The third-order valence-corrected chi connectivity index (χ3v) is 7.21. The molecule has 44 heavy (non-hydrogen) atoms. The molecular formula is C28H25F7N4O4S. The monoisotopic (exact) mass is 646 g/mol. The van der Waals surface area contributed by atoms with Crippen molar-refractivity contribution in [2.24, 2.45) is 0 Å². The van der Waals surface area contributed by atoms with Gasteiger partial charge in [0.05, 0.1) is 5.39 Å². The van der Waals surface area contributed by atoms with E-state index in [1.807, 2.05) is 42.5 Å². The Morgan fingerprint density at radius 1 is 0.841 bits per heavy atom.